The molecule has 0 fully saturated rings. The fraction of sp³-hybridized carbons (Fsp3) is 0.154. The first-order valence-corrected chi connectivity index (χ1v) is 6.92. The Balaban J connectivity index is 2.31. The molecule has 2 rings (SSSR count). The molecule has 1 aromatic carbocycles. The van der Waals surface area contributed by atoms with Gasteiger partial charge in [0.25, 0.3) is 0 Å². The second kappa shape index (κ2) is 7.53. The molecule has 11 heteroatoms. The maximum atomic E-state index is 11.0. The summed E-state index contributed by atoms with van der Waals surface area (Å²) in [6.45, 7) is -0.767. The van der Waals surface area contributed by atoms with Crippen molar-refractivity contribution in [2.45, 2.75) is 6.04 Å². The lowest BCUT2D eigenvalue weighted by Crippen LogP contribution is -2.33. The number of nitrogens with zero attached hydrogens (tertiary/aromatic N) is 3. The number of benzene rings is 1. The van der Waals surface area contributed by atoms with E-state index in [0.29, 0.717) is 10.7 Å². The van der Waals surface area contributed by atoms with E-state index in [1.807, 2.05) is 0 Å². The van der Waals surface area contributed by atoms with E-state index in [1.165, 1.54) is 0 Å². The quantitative estimate of drug-likeness (QED) is 0.430. The van der Waals surface area contributed by atoms with E-state index >= 15 is 0 Å². The lowest BCUT2D eigenvalue weighted by atomic mass is 10.3. The van der Waals surface area contributed by atoms with Crippen molar-refractivity contribution in [3.05, 3.63) is 45.6 Å². The third-order valence-electron chi connectivity index (χ3n) is 2.86. The van der Waals surface area contributed by atoms with Crippen molar-refractivity contribution in [3.8, 4) is 0 Å². The van der Waals surface area contributed by atoms with E-state index in [0.717, 1.165) is 6.20 Å². The number of carbonyl (C=O) groups is 1. The van der Waals surface area contributed by atoms with Crippen molar-refractivity contribution in [2.75, 3.05) is 17.2 Å². The summed E-state index contributed by atoms with van der Waals surface area (Å²) in [5.41, 5.74) is 0.0625. The monoisotopic (exact) mass is 353 g/mol. The maximum absolute atomic E-state index is 11.0. The van der Waals surface area contributed by atoms with Gasteiger partial charge in [-0.15, -0.1) is 0 Å². The Bertz CT molecular complexity index is 755. The molecule has 1 aromatic heterocycles. The zero-order valence-electron chi connectivity index (χ0n) is 12.0. The van der Waals surface area contributed by atoms with E-state index < -0.39 is 29.2 Å². The molecule has 10 nitrogen and oxygen atoms in total. The molecule has 126 valence electrons. The summed E-state index contributed by atoms with van der Waals surface area (Å²) in [5.74, 6) is -1.70. The smallest absolute Gasteiger partial charge is 0.329 e. The summed E-state index contributed by atoms with van der Waals surface area (Å²) < 4.78 is 0. The van der Waals surface area contributed by atoms with Crippen LogP contribution in [-0.2, 0) is 4.79 Å². The van der Waals surface area contributed by atoms with E-state index in [-0.39, 0.29) is 11.8 Å². The average molecular weight is 354 g/mol. The maximum Gasteiger partial charge on any atom is 0.329 e. The molecular weight excluding hydrogens is 342 g/mol. The molecule has 0 saturated carbocycles. The summed E-state index contributed by atoms with van der Waals surface area (Å²) >= 11 is 5.78. The highest BCUT2D eigenvalue weighted by Crippen LogP contribution is 2.24. The van der Waals surface area contributed by atoms with Crippen molar-refractivity contribution in [1.82, 2.24) is 9.97 Å². The standard InChI is InChI=1S/C13H12ClN5O5/c14-7-1-3-8(4-2-7)16-13-15-5-10(19(23)24)11(18-13)17-9(6-20)12(21)22/h1-5,9,20H,6H2,(H,21,22)(H2,15,16,17,18)/t9-/m0/s1. The number of nitrogens with one attached hydrogen (secondary N) is 2. The summed E-state index contributed by atoms with van der Waals surface area (Å²) in [7, 11) is 0. The summed E-state index contributed by atoms with van der Waals surface area (Å²) in [6.07, 6.45) is 0.934. The first-order valence-electron chi connectivity index (χ1n) is 6.55. The fourth-order valence-electron chi connectivity index (χ4n) is 1.69. The van der Waals surface area contributed by atoms with Crippen LogP contribution < -0.4 is 10.6 Å². The second-order valence-corrected chi connectivity index (χ2v) is 4.97. The lowest BCUT2D eigenvalue weighted by molar-refractivity contribution is -0.384. The van der Waals surface area contributed by atoms with Crippen LogP contribution in [0, 0.1) is 10.1 Å². The minimum atomic E-state index is -1.44. The topological polar surface area (TPSA) is 151 Å². The molecular formula is C13H12ClN5O5. The van der Waals surface area contributed by atoms with Gasteiger partial charge < -0.3 is 20.8 Å². The Morgan fingerprint density at radius 3 is 2.58 bits per heavy atom. The van der Waals surface area contributed by atoms with Crippen LogP contribution in [0.4, 0.5) is 23.1 Å². The molecule has 4 N–H and O–H groups in total. The summed E-state index contributed by atoms with van der Waals surface area (Å²) in [5, 5.41) is 34.6. The molecule has 0 unspecified atom stereocenters. The molecule has 0 aliphatic rings. The van der Waals surface area contributed by atoms with Gasteiger partial charge >= 0.3 is 11.7 Å². The number of hydrogen-bond acceptors (Lipinski definition) is 8. The van der Waals surface area contributed by atoms with E-state index in [2.05, 4.69) is 20.6 Å². The molecule has 24 heavy (non-hydrogen) atoms. The molecule has 0 spiro atoms. The third kappa shape index (κ3) is 4.27. The van der Waals surface area contributed by atoms with Crippen LogP contribution in [0.5, 0.6) is 0 Å². The zero-order valence-corrected chi connectivity index (χ0v) is 12.8. The van der Waals surface area contributed by atoms with Gasteiger partial charge in [-0.1, -0.05) is 11.6 Å². The van der Waals surface area contributed by atoms with Crippen molar-refractivity contribution >= 4 is 40.7 Å². The molecule has 0 amide bonds. The number of aliphatic carboxylic acids is 1. The molecule has 0 radical (unpaired) electrons. The highest BCUT2D eigenvalue weighted by atomic mass is 35.5. The first kappa shape index (κ1) is 17.4. The predicted molar refractivity (Wildman–Crippen MR) is 85.6 cm³/mol. The molecule has 0 aliphatic heterocycles. The molecule has 2 aromatic rings. The van der Waals surface area contributed by atoms with Crippen molar-refractivity contribution in [2.24, 2.45) is 0 Å². The SMILES string of the molecule is O=C(O)[C@H](CO)Nc1nc(Nc2ccc(Cl)cc2)ncc1[N+](=O)[O-]. The van der Waals surface area contributed by atoms with E-state index in [9.17, 15) is 14.9 Å². The largest absolute Gasteiger partial charge is 0.480 e. The molecule has 0 bridgehead atoms. The molecule has 0 saturated heterocycles. The number of aliphatic hydroxyl groups excluding tert-OH is 1. The number of rotatable bonds is 7. The van der Waals surface area contributed by atoms with Crippen LogP contribution in [0.3, 0.4) is 0 Å². The van der Waals surface area contributed by atoms with E-state index in [4.69, 9.17) is 21.8 Å². The van der Waals surface area contributed by atoms with Crippen molar-refractivity contribution in [3.63, 3.8) is 0 Å². The minimum Gasteiger partial charge on any atom is -0.480 e. The first-order chi connectivity index (χ1) is 11.4. The highest BCUT2D eigenvalue weighted by molar-refractivity contribution is 6.30. The average Bonchev–Trinajstić information content (AvgIpc) is 2.54. The van der Waals surface area contributed by atoms with Gasteiger partial charge in [0.05, 0.1) is 11.5 Å². The van der Waals surface area contributed by atoms with Crippen LogP contribution >= 0.6 is 11.6 Å². The Morgan fingerprint density at radius 2 is 2.04 bits per heavy atom. The number of aromatic nitrogens is 2. The Kier molecular flexibility index (Phi) is 5.45. The van der Waals surface area contributed by atoms with Crippen molar-refractivity contribution < 1.29 is 19.9 Å². The van der Waals surface area contributed by atoms with Gasteiger partial charge in [0, 0.05) is 10.7 Å². The number of halogens is 1. The van der Waals surface area contributed by atoms with Gasteiger partial charge in [0.1, 0.15) is 12.2 Å². The predicted octanol–water partition coefficient (Wildman–Crippen LogP) is 1.64. The van der Waals surface area contributed by atoms with Gasteiger partial charge in [0.2, 0.25) is 11.8 Å². The van der Waals surface area contributed by atoms with Crippen LogP contribution in [0.1, 0.15) is 0 Å². The highest BCUT2D eigenvalue weighted by Gasteiger charge is 2.23. The van der Waals surface area contributed by atoms with E-state index in [1.54, 1.807) is 24.3 Å². The number of aliphatic hydroxyl groups is 1. The third-order valence-corrected chi connectivity index (χ3v) is 3.11. The lowest BCUT2D eigenvalue weighted by Gasteiger charge is -2.13. The zero-order chi connectivity index (χ0) is 17.7. The summed E-state index contributed by atoms with van der Waals surface area (Å²) in [6, 6.07) is 5.10. The number of nitro groups is 1. The Labute approximate surface area is 140 Å². The fourth-order valence-corrected chi connectivity index (χ4v) is 1.81. The summed E-state index contributed by atoms with van der Waals surface area (Å²) in [4.78, 5) is 28.9. The van der Waals surface area contributed by atoms with Crippen LogP contribution in [0.25, 0.3) is 0 Å². The minimum absolute atomic E-state index is 0.00695. The number of hydrogen-bond donors (Lipinski definition) is 4. The van der Waals surface area contributed by atoms with Gasteiger partial charge in [-0.2, -0.15) is 4.98 Å². The number of anilines is 3. The number of carboxylic acid groups (broad SMARTS) is 1. The molecule has 1 atom stereocenters. The molecule has 0 aliphatic carbocycles. The Morgan fingerprint density at radius 1 is 1.38 bits per heavy atom. The molecule has 1 heterocycles. The van der Waals surface area contributed by atoms with Crippen molar-refractivity contribution in [1.29, 1.82) is 0 Å². The van der Waals surface area contributed by atoms with Crippen LogP contribution in [-0.4, -0.2) is 43.7 Å². The van der Waals surface area contributed by atoms with Gasteiger partial charge in [0.15, 0.2) is 0 Å². The Hall–Kier alpha value is -2.98. The second-order valence-electron chi connectivity index (χ2n) is 4.53. The van der Waals surface area contributed by atoms with Gasteiger partial charge in [-0.3, -0.25) is 10.1 Å². The van der Waals surface area contributed by atoms with Gasteiger partial charge in [-0.05, 0) is 24.3 Å². The van der Waals surface area contributed by atoms with Crippen LogP contribution in [0.15, 0.2) is 30.5 Å². The number of carboxylic acids is 1. The van der Waals surface area contributed by atoms with Crippen LogP contribution in [0.2, 0.25) is 5.02 Å². The normalized spacial score (nSPS) is 11.6. The van der Waals surface area contributed by atoms with Gasteiger partial charge in [-0.25, -0.2) is 9.78 Å².